The zero-order valence-corrected chi connectivity index (χ0v) is 16.9. The second-order valence-electron chi connectivity index (χ2n) is 7.55. The average molecular weight is 396 g/mol. The highest BCUT2D eigenvalue weighted by Crippen LogP contribution is 2.35. The molecule has 1 aromatic carbocycles. The van der Waals surface area contributed by atoms with Gasteiger partial charge in [0.1, 0.15) is 5.54 Å². The molecule has 2 atom stereocenters. The van der Waals surface area contributed by atoms with Gasteiger partial charge in [0.2, 0.25) is 5.91 Å². The third kappa shape index (κ3) is 3.67. The van der Waals surface area contributed by atoms with Crippen molar-refractivity contribution in [3.05, 3.63) is 83.2 Å². The maximum atomic E-state index is 13.0. The third-order valence-corrected chi connectivity index (χ3v) is 5.98. The van der Waals surface area contributed by atoms with Gasteiger partial charge in [0, 0.05) is 29.9 Å². The van der Waals surface area contributed by atoms with Crippen LogP contribution in [0.4, 0.5) is 0 Å². The molecular formula is C23H26ClN3O. The Balaban J connectivity index is 1.66. The maximum Gasteiger partial charge on any atom is 0.246 e. The molecule has 4 rings (SSSR count). The van der Waals surface area contributed by atoms with Crippen LogP contribution in [0.5, 0.6) is 0 Å². The average Bonchev–Trinajstić information content (AvgIpc) is 3.12. The Morgan fingerprint density at radius 3 is 3.04 bits per heavy atom. The monoisotopic (exact) mass is 395 g/mol. The van der Waals surface area contributed by atoms with Gasteiger partial charge in [-0.1, -0.05) is 36.7 Å². The number of hydrogen-bond acceptors (Lipinski definition) is 3. The van der Waals surface area contributed by atoms with Gasteiger partial charge in [-0.15, -0.1) is 0 Å². The molecule has 3 heterocycles. The van der Waals surface area contributed by atoms with E-state index in [9.17, 15) is 4.79 Å². The predicted molar refractivity (Wildman–Crippen MR) is 113 cm³/mol. The SMILES string of the molecule is CCC1CCCCN1C(=O)C=CC1(c2cccc(Cl)c2)C=C2C=CC=CN2N1. The normalized spacial score (nSPS) is 26.6. The number of nitrogens with zero attached hydrogens (tertiary/aromatic N) is 2. The summed E-state index contributed by atoms with van der Waals surface area (Å²) < 4.78 is 0. The van der Waals surface area contributed by atoms with E-state index in [1.165, 1.54) is 6.42 Å². The van der Waals surface area contributed by atoms with Crippen LogP contribution in [-0.2, 0) is 10.3 Å². The summed E-state index contributed by atoms with van der Waals surface area (Å²) in [4.78, 5) is 15.0. The number of carbonyl (C=O) groups excluding carboxylic acids is 1. The van der Waals surface area contributed by atoms with Crippen molar-refractivity contribution in [3.63, 3.8) is 0 Å². The van der Waals surface area contributed by atoms with Crippen molar-refractivity contribution < 1.29 is 4.79 Å². The van der Waals surface area contributed by atoms with Gasteiger partial charge in [-0.05, 0) is 67.7 Å². The summed E-state index contributed by atoms with van der Waals surface area (Å²) in [7, 11) is 0. The summed E-state index contributed by atoms with van der Waals surface area (Å²) in [6, 6.07) is 8.13. The van der Waals surface area contributed by atoms with Crippen molar-refractivity contribution in [1.82, 2.24) is 15.3 Å². The maximum absolute atomic E-state index is 13.0. The number of hydrazine groups is 1. The zero-order valence-electron chi connectivity index (χ0n) is 16.1. The molecule has 0 spiro atoms. The molecule has 0 saturated carbocycles. The number of rotatable bonds is 4. The topological polar surface area (TPSA) is 35.6 Å². The van der Waals surface area contributed by atoms with Crippen LogP contribution >= 0.6 is 11.6 Å². The Labute approximate surface area is 171 Å². The summed E-state index contributed by atoms with van der Waals surface area (Å²) in [5.74, 6) is 0.0871. The zero-order chi connectivity index (χ0) is 19.6. The highest BCUT2D eigenvalue weighted by Gasteiger charge is 2.36. The van der Waals surface area contributed by atoms with Crippen molar-refractivity contribution in [1.29, 1.82) is 0 Å². The number of amides is 1. The molecule has 1 aromatic rings. The Hall–Kier alpha value is -2.30. The van der Waals surface area contributed by atoms with E-state index in [0.29, 0.717) is 11.1 Å². The van der Waals surface area contributed by atoms with Gasteiger partial charge in [-0.2, -0.15) is 0 Å². The number of allylic oxidation sites excluding steroid dienone is 3. The molecule has 3 aliphatic rings. The molecule has 0 aliphatic carbocycles. The lowest BCUT2D eigenvalue weighted by atomic mass is 9.89. The molecule has 1 amide bonds. The van der Waals surface area contributed by atoms with Gasteiger partial charge >= 0.3 is 0 Å². The van der Waals surface area contributed by atoms with E-state index >= 15 is 0 Å². The van der Waals surface area contributed by atoms with Crippen molar-refractivity contribution in [3.8, 4) is 0 Å². The molecule has 3 aliphatic heterocycles. The minimum absolute atomic E-state index is 0.0871. The van der Waals surface area contributed by atoms with E-state index in [4.69, 9.17) is 11.6 Å². The van der Waals surface area contributed by atoms with Gasteiger partial charge in [0.05, 0.1) is 5.70 Å². The number of carbonyl (C=O) groups is 1. The first-order valence-electron chi connectivity index (χ1n) is 10.0. The Kier molecular flexibility index (Phi) is 5.42. The van der Waals surface area contributed by atoms with Crippen LogP contribution in [0.25, 0.3) is 0 Å². The second-order valence-corrected chi connectivity index (χ2v) is 7.99. The predicted octanol–water partition coefficient (Wildman–Crippen LogP) is 4.67. The lowest BCUT2D eigenvalue weighted by Crippen LogP contribution is -2.44. The number of halogens is 1. The van der Waals surface area contributed by atoms with Crippen molar-refractivity contribution in [2.75, 3.05) is 6.54 Å². The van der Waals surface area contributed by atoms with Crippen molar-refractivity contribution in [2.24, 2.45) is 0 Å². The molecular weight excluding hydrogens is 370 g/mol. The molecule has 146 valence electrons. The summed E-state index contributed by atoms with van der Waals surface area (Å²) in [6.07, 6.45) is 18.2. The molecule has 1 fully saturated rings. The number of nitrogens with one attached hydrogen (secondary N) is 1. The lowest BCUT2D eigenvalue weighted by molar-refractivity contribution is -0.129. The third-order valence-electron chi connectivity index (χ3n) is 5.74. The largest absolute Gasteiger partial charge is 0.336 e. The molecule has 5 heteroatoms. The first kappa shape index (κ1) is 19.0. The van der Waals surface area contributed by atoms with Crippen LogP contribution < -0.4 is 5.43 Å². The standard InChI is InChI=1S/C23H26ClN3O/c1-2-20-10-3-5-14-26(20)22(28)12-13-23(18-8-7-9-19(24)16-18)17-21-11-4-6-15-27(21)25-23/h4,6-9,11-13,15-17,20,25H,2-3,5,10,14H2,1H3. The molecule has 1 saturated heterocycles. The fraction of sp³-hybridized carbons (Fsp3) is 0.348. The molecule has 4 nitrogen and oxygen atoms in total. The fourth-order valence-corrected chi connectivity index (χ4v) is 4.42. The van der Waals surface area contributed by atoms with Crippen LogP contribution in [-0.4, -0.2) is 28.4 Å². The molecule has 0 bridgehead atoms. The van der Waals surface area contributed by atoms with E-state index in [-0.39, 0.29) is 5.91 Å². The van der Waals surface area contributed by atoms with Gasteiger partial charge < -0.3 is 4.90 Å². The number of hydrogen-bond donors (Lipinski definition) is 1. The summed E-state index contributed by atoms with van der Waals surface area (Å²) in [5.41, 5.74) is 4.95. The molecule has 2 unspecified atom stereocenters. The number of likely N-dealkylation sites (tertiary alicyclic amines) is 1. The quantitative estimate of drug-likeness (QED) is 0.752. The Bertz CT molecular complexity index is 872. The molecule has 0 radical (unpaired) electrons. The van der Waals surface area contributed by atoms with Gasteiger partial charge in [-0.3, -0.25) is 9.80 Å². The van der Waals surface area contributed by atoms with Crippen LogP contribution in [0.1, 0.15) is 38.2 Å². The molecule has 1 N–H and O–H groups in total. The highest BCUT2D eigenvalue weighted by molar-refractivity contribution is 6.30. The lowest BCUT2D eigenvalue weighted by Gasteiger charge is -2.35. The minimum Gasteiger partial charge on any atom is -0.336 e. The van der Waals surface area contributed by atoms with Crippen LogP contribution in [0.3, 0.4) is 0 Å². The van der Waals surface area contributed by atoms with E-state index in [0.717, 1.165) is 37.1 Å². The Morgan fingerprint density at radius 2 is 2.25 bits per heavy atom. The highest BCUT2D eigenvalue weighted by atomic mass is 35.5. The number of fused-ring (bicyclic) bond motifs is 1. The van der Waals surface area contributed by atoms with Crippen LogP contribution in [0.15, 0.2) is 72.6 Å². The van der Waals surface area contributed by atoms with Crippen molar-refractivity contribution in [2.45, 2.75) is 44.2 Å². The van der Waals surface area contributed by atoms with E-state index in [1.54, 1.807) is 6.08 Å². The summed E-state index contributed by atoms with van der Waals surface area (Å²) in [6.45, 7) is 3.00. The summed E-state index contributed by atoms with van der Waals surface area (Å²) >= 11 is 6.27. The number of piperidine rings is 1. The van der Waals surface area contributed by atoms with Crippen LogP contribution in [0.2, 0.25) is 5.02 Å². The Morgan fingerprint density at radius 1 is 1.36 bits per heavy atom. The molecule has 0 aromatic heterocycles. The second kappa shape index (κ2) is 7.98. The summed E-state index contributed by atoms with van der Waals surface area (Å²) in [5, 5.41) is 2.65. The van der Waals surface area contributed by atoms with Gasteiger partial charge in [0.15, 0.2) is 0 Å². The molecule has 28 heavy (non-hydrogen) atoms. The van der Waals surface area contributed by atoms with Crippen LogP contribution in [0, 0.1) is 0 Å². The van der Waals surface area contributed by atoms with E-state index in [1.807, 2.05) is 64.7 Å². The smallest absolute Gasteiger partial charge is 0.246 e. The minimum atomic E-state index is -0.619. The van der Waals surface area contributed by atoms with E-state index < -0.39 is 5.54 Å². The first-order valence-corrected chi connectivity index (χ1v) is 10.4. The van der Waals surface area contributed by atoms with Crippen molar-refractivity contribution >= 4 is 17.5 Å². The van der Waals surface area contributed by atoms with Gasteiger partial charge in [0.25, 0.3) is 0 Å². The number of benzene rings is 1. The van der Waals surface area contributed by atoms with E-state index in [2.05, 4.69) is 18.4 Å². The fourth-order valence-electron chi connectivity index (χ4n) is 4.23. The van der Waals surface area contributed by atoms with Gasteiger partial charge in [-0.25, -0.2) is 5.43 Å². The first-order chi connectivity index (χ1) is 13.6.